The standard InChI is InChI=1S/C30H23N/c1-3-8-23(9-4-1)25-14-18-29(19-15-25)31-30-20-16-26(17-21-30)28-13-7-12-27(22-28)24-10-5-2-6-11-24/h1-22,31H/i1D,2D,3D,4D,5D,6D,7D,8D,9D,10D,11D,12D,13D,14D,15D,16D,17D,18D,19D,20D,21D,22D. The third-order valence-corrected chi connectivity index (χ3v) is 3.88. The summed E-state index contributed by atoms with van der Waals surface area (Å²) in [5.74, 6) is 0. The van der Waals surface area contributed by atoms with E-state index >= 15 is 0 Å². The third-order valence-electron chi connectivity index (χ3n) is 3.88. The first kappa shape index (κ1) is 6.45. The Hall–Kier alpha value is -4.10. The molecule has 0 aromatic heterocycles. The van der Waals surface area contributed by atoms with Crippen molar-refractivity contribution in [2.75, 3.05) is 5.32 Å². The summed E-state index contributed by atoms with van der Waals surface area (Å²) in [5.41, 5.74) is -5.45. The van der Waals surface area contributed by atoms with Crippen molar-refractivity contribution in [3.63, 3.8) is 0 Å². The highest BCUT2D eigenvalue weighted by atomic mass is 14.9. The predicted octanol–water partition coefficient (Wildman–Crippen LogP) is 8.43. The molecular formula is C30H23N. The van der Waals surface area contributed by atoms with Gasteiger partial charge in [0.25, 0.3) is 0 Å². The van der Waals surface area contributed by atoms with Crippen molar-refractivity contribution in [2.45, 2.75) is 0 Å². The van der Waals surface area contributed by atoms with Crippen LogP contribution in [0.5, 0.6) is 0 Å². The van der Waals surface area contributed by atoms with E-state index in [0.717, 1.165) is 0 Å². The topological polar surface area (TPSA) is 12.0 Å². The Labute approximate surface area is 214 Å². The van der Waals surface area contributed by atoms with E-state index in [1.807, 2.05) is 0 Å². The van der Waals surface area contributed by atoms with Crippen molar-refractivity contribution in [1.82, 2.24) is 0 Å². The van der Waals surface area contributed by atoms with E-state index in [9.17, 15) is 0 Å². The second-order valence-corrected chi connectivity index (χ2v) is 5.88. The first-order valence-electron chi connectivity index (χ1n) is 19.8. The first-order valence-corrected chi connectivity index (χ1v) is 8.75. The van der Waals surface area contributed by atoms with Crippen molar-refractivity contribution in [2.24, 2.45) is 0 Å². The van der Waals surface area contributed by atoms with Gasteiger partial charge >= 0.3 is 0 Å². The highest BCUT2D eigenvalue weighted by molar-refractivity contribution is 5.75. The normalized spacial score (nSPS) is 20.5. The molecule has 1 nitrogen and oxygen atoms in total. The van der Waals surface area contributed by atoms with Gasteiger partial charge in [-0.3, -0.25) is 0 Å². The van der Waals surface area contributed by atoms with Crippen molar-refractivity contribution in [1.29, 1.82) is 0 Å². The van der Waals surface area contributed by atoms with Gasteiger partial charge < -0.3 is 5.32 Å². The van der Waals surface area contributed by atoms with Crippen LogP contribution in [0.1, 0.15) is 30.2 Å². The Morgan fingerprint density at radius 3 is 1.19 bits per heavy atom. The van der Waals surface area contributed by atoms with Crippen molar-refractivity contribution in [3.05, 3.63) is 133 Å². The van der Waals surface area contributed by atoms with Crippen LogP contribution in [0, 0.1) is 0 Å². The minimum atomic E-state index is -0.939. The zero-order valence-electron chi connectivity index (χ0n) is 37.5. The maximum absolute atomic E-state index is 8.90. The van der Waals surface area contributed by atoms with E-state index in [1.54, 1.807) is 0 Å². The average molecular weight is 420 g/mol. The molecule has 0 bridgehead atoms. The molecule has 0 aliphatic heterocycles. The minimum absolute atomic E-state index is 0.610. The van der Waals surface area contributed by atoms with Crippen LogP contribution in [0.15, 0.2) is 133 Å². The molecule has 0 aliphatic rings. The van der Waals surface area contributed by atoms with E-state index in [4.69, 9.17) is 30.2 Å². The maximum atomic E-state index is 8.90. The van der Waals surface area contributed by atoms with Crippen LogP contribution in [0.3, 0.4) is 0 Å². The Balaban J connectivity index is 1.76. The van der Waals surface area contributed by atoms with Crippen molar-refractivity contribution in [3.8, 4) is 33.4 Å². The van der Waals surface area contributed by atoms with Gasteiger partial charge in [0.2, 0.25) is 0 Å². The molecule has 0 unspecified atom stereocenters. The fourth-order valence-corrected chi connectivity index (χ4v) is 2.47. The van der Waals surface area contributed by atoms with Gasteiger partial charge in [0.15, 0.2) is 0 Å². The third kappa shape index (κ3) is 4.41. The number of anilines is 2. The van der Waals surface area contributed by atoms with Gasteiger partial charge in [-0.1, -0.05) is 103 Å². The Morgan fingerprint density at radius 2 is 0.710 bits per heavy atom. The molecule has 31 heavy (non-hydrogen) atoms. The largest absolute Gasteiger partial charge is 0.356 e. The highest BCUT2D eigenvalue weighted by Crippen LogP contribution is 2.28. The van der Waals surface area contributed by atoms with Gasteiger partial charge in [0.1, 0.15) is 0 Å². The second-order valence-electron chi connectivity index (χ2n) is 5.88. The Bertz CT molecular complexity index is 2340. The van der Waals surface area contributed by atoms with Gasteiger partial charge in [-0.2, -0.15) is 0 Å². The van der Waals surface area contributed by atoms with Crippen molar-refractivity contribution >= 4 is 11.4 Å². The fraction of sp³-hybridized carbons (Fsp3) is 0. The number of benzene rings is 5. The summed E-state index contributed by atoms with van der Waals surface area (Å²) >= 11 is 0. The monoisotopic (exact) mass is 419 g/mol. The van der Waals surface area contributed by atoms with E-state index < -0.39 is 178 Å². The van der Waals surface area contributed by atoms with Crippen LogP contribution in [0.2, 0.25) is 0 Å². The molecule has 0 atom stereocenters. The van der Waals surface area contributed by atoms with Crippen LogP contribution in [-0.4, -0.2) is 0 Å². The fourth-order valence-electron chi connectivity index (χ4n) is 2.47. The van der Waals surface area contributed by atoms with Crippen LogP contribution < -0.4 is 5.32 Å². The van der Waals surface area contributed by atoms with Gasteiger partial charge in [0.05, 0.1) is 30.2 Å². The van der Waals surface area contributed by atoms with Crippen LogP contribution >= 0.6 is 0 Å². The van der Waals surface area contributed by atoms with Gasteiger partial charge in [-0.15, -0.1) is 0 Å². The predicted molar refractivity (Wildman–Crippen MR) is 132 cm³/mol. The van der Waals surface area contributed by atoms with E-state index in [0.29, 0.717) is 0 Å². The molecule has 0 saturated carbocycles. The first-order chi connectivity index (χ1) is 24.5. The van der Waals surface area contributed by atoms with E-state index in [1.165, 1.54) is 0 Å². The van der Waals surface area contributed by atoms with E-state index in [2.05, 4.69) is 5.32 Å². The molecular weight excluding hydrogens is 374 g/mol. The molecule has 5 aromatic carbocycles. The molecule has 0 aliphatic carbocycles. The Morgan fingerprint density at radius 1 is 0.355 bits per heavy atom. The molecule has 0 amide bonds. The lowest BCUT2D eigenvalue weighted by molar-refractivity contribution is 1.53. The number of rotatable bonds is 5. The maximum Gasteiger partial charge on any atom is 0.0645 e. The summed E-state index contributed by atoms with van der Waals surface area (Å²) in [5, 5.41) is 2.38. The summed E-state index contributed by atoms with van der Waals surface area (Å²) in [6.45, 7) is 0. The van der Waals surface area contributed by atoms with Crippen LogP contribution in [0.25, 0.3) is 33.4 Å². The molecule has 5 aromatic rings. The summed E-state index contributed by atoms with van der Waals surface area (Å²) in [6, 6.07) is -18.8. The molecule has 148 valence electrons. The van der Waals surface area contributed by atoms with Gasteiger partial charge in [0, 0.05) is 11.4 Å². The number of hydrogen-bond acceptors (Lipinski definition) is 1. The molecule has 0 spiro atoms. The lowest BCUT2D eigenvalue weighted by atomic mass is 9.99. The summed E-state index contributed by atoms with van der Waals surface area (Å²) in [7, 11) is 0. The van der Waals surface area contributed by atoms with Crippen molar-refractivity contribution < 1.29 is 30.2 Å². The van der Waals surface area contributed by atoms with E-state index in [-0.39, 0.29) is 0 Å². The van der Waals surface area contributed by atoms with Crippen LogP contribution in [-0.2, 0) is 0 Å². The summed E-state index contributed by atoms with van der Waals surface area (Å²) in [4.78, 5) is 0. The molecule has 5 rings (SSSR count). The molecule has 0 radical (unpaired) electrons. The molecule has 1 heteroatoms. The zero-order valence-corrected chi connectivity index (χ0v) is 15.5. The second kappa shape index (κ2) is 8.73. The lowest BCUT2D eigenvalue weighted by Crippen LogP contribution is -1.90. The average Bonchev–Trinajstić information content (AvgIpc) is 3.12. The highest BCUT2D eigenvalue weighted by Gasteiger charge is 2.03. The van der Waals surface area contributed by atoms with Crippen LogP contribution in [0.4, 0.5) is 11.4 Å². The molecule has 0 fully saturated rings. The lowest BCUT2D eigenvalue weighted by Gasteiger charge is -2.10. The van der Waals surface area contributed by atoms with Gasteiger partial charge in [-0.25, -0.2) is 0 Å². The summed E-state index contributed by atoms with van der Waals surface area (Å²) < 4.78 is 184. The number of hydrogen-bond donors (Lipinski definition) is 1. The quantitative estimate of drug-likeness (QED) is 0.301. The molecule has 0 heterocycles. The zero-order chi connectivity index (χ0) is 40.0. The minimum Gasteiger partial charge on any atom is -0.356 e. The number of nitrogens with one attached hydrogen (secondary N) is 1. The van der Waals surface area contributed by atoms with Gasteiger partial charge in [-0.05, 0) is 63.6 Å². The Kier molecular flexibility index (Phi) is 1.81. The summed E-state index contributed by atoms with van der Waals surface area (Å²) in [6.07, 6.45) is 0. The molecule has 0 saturated heterocycles. The smallest absolute Gasteiger partial charge is 0.0645 e. The SMILES string of the molecule is [2H]c1c([2H])c([2H])c(-c2c([2H])c([2H])c(Nc3c([2H])c([2H])c(-c4c([2H])c([2H])c([2H])c(-c5c([2H])c([2H])c([2H])c([2H])c5[2H])c4[2H])c([2H])c3[2H])c([2H])c2[2H])c([2H])c1[2H]. The molecule has 1 N–H and O–H groups in total.